The fourth-order valence-corrected chi connectivity index (χ4v) is 7.03. The Bertz CT molecular complexity index is 830. The summed E-state index contributed by atoms with van der Waals surface area (Å²) < 4.78 is 61.5. The number of hydrogen-bond acceptors (Lipinski definition) is 3. The summed E-state index contributed by atoms with van der Waals surface area (Å²) in [6.07, 6.45) is 15.6. The van der Waals surface area contributed by atoms with E-state index in [1.165, 1.54) is 57.8 Å². The molecule has 7 heteroatoms. The average Bonchev–Trinajstić information content (AvgIpc) is 2.84. The molecule has 0 heterocycles. The summed E-state index contributed by atoms with van der Waals surface area (Å²) in [5, 5.41) is 0. The van der Waals surface area contributed by atoms with Crippen molar-refractivity contribution in [2.45, 2.75) is 97.0 Å². The van der Waals surface area contributed by atoms with Crippen molar-refractivity contribution < 1.29 is 31.8 Å². The SMILES string of the molecule is CCCCC1CCC2CC(C3CCC(C(=O)Oc4cc(F)c(OC(F)F)c(F)c4)CC3)CCC2C1. The maximum Gasteiger partial charge on any atom is 0.387 e. The number of esters is 1. The highest BCUT2D eigenvalue weighted by molar-refractivity contribution is 5.75. The van der Waals surface area contributed by atoms with Gasteiger partial charge in [0.05, 0.1) is 5.92 Å². The number of carbonyl (C=O) groups excluding carboxylic acids is 1. The molecular weight excluding hydrogens is 460 g/mol. The Labute approximate surface area is 205 Å². The standard InChI is InChI=1S/C28H38F4O3/c1-2-3-4-17-5-6-22-14-21(12-11-20(22)13-17)18-7-9-19(10-8-18)27(33)34-23-15-24(29)26(25(30)16-23)35-28(31)32/h15-22,28H,2-14H2,1H3. The Morgan fingerprint density at radius 3 is 2.09 bits per heavy atom. The Morgan fingerprint density at radius 1 is 0.886 bits per heavy atom. The predicted octanol–water partition coefficient (Wildman–Crippen LogP) is 8.30. The van der Waals surface area contributed by atoms with Gasteiger partial charge in [0.2, 0.25) is 0 Å². The first-order valence-corrected chi connectivity index (χ1v) is 13.5. The van der Waals surface area contributed by atoms with Gasteiger partial charge < -0.3 is 9.47 Å². The molecule has 0 N–H and O–H groups in total. The number of hydrogen-bond donors (Lipinski definition) is 0. The highest BCUT2D eigenvalue weighted by atomic mass is 19.3. The molecule has 0 aromatic heterocycles. The lowest BCUT2D eigenvalue weighted by Gasteiger charge is -2.45. The van der Waals surface area contributed by atoms with Crippen LogP contribution in [-0.4, -0.2) is 12.6 Å². The van der Waals surface area contributed by atoms with Crippen molar-refractivity contribution in [1.29, 1.82) is 0 Å². The molecule has 3 nitrogen and oxygen atoms in total. The molecule has 3 saturated carbocycles. The molecular formula is C28H38F4O3. The number of halogens is 4. The van der Waals surface area contributed by atoms with Gasteiger partial charge in [-0.2, -0.15) is 8.78 Å². The van der Waals surface area contributed by atoms with Crippen molar-refractivity contribution in [3.8, 4) is 11.5 Å². The van der Waals surface area contributed by atoms with E-state index in [0.29, 0.717) is 30.9 Å². The normalized spacial score (nSPS) is 31.1. The van der Waals surface area contributed by atoms with Gasteiger partial charge in [-0.3, -0.25) is 4.79 Å². The number of unbranched alkanes of at least 4 members (excludes halogenated alkanes) is 1. The summed E-state index contributed by atoms with van der Waals surface area (Å²) in [4.78, 5) is 12.6. The fraction of sp³-hybridized carbons (Fsp3) is 0.750. The zero-order chi connectivity index (χ0) is 24.9. The van der Waals surface area contributed by atoms with E-state index in [4.69, 9.17) is 4.74 Å². The van der Waals surface area contributed by atoms with Crippen LogP contribution in [0.5, 0.6) is 11.5 Å². The zero-order valence-corrected chi connectivity index (χ0v) is 20.6. The van der Waals surface area contributed by atoms with E-state index in [2.05, 4.69) is 11.7 Å². The second-order valence-electron chi connectivity index (χ2n) is 11.0. The molecule has 1 aromatic carbocycles. The molecule has 0 radical (unpaired) electrons. The van der Waals surface area contributed by atoms with E-state index >= 15 is 0 Å². The molecule has 3 fully saturated rings. The first-order valence-electron chi connectivity index (χ1n) is 13.5. The van der Waals surface area contributed by atoms with Gasteiger partial charge in [-0.15, -0.1) is 0 Å². The molecule has 196 valence electrons. The van der Waals surface area contributed by atoms with Crippen LogP contribution in [0.25, 0.3) is 0 Å². The van der Waals surface area contributed by atoms with E-state index in [1.807, 2.05) is 0 Å². The Morgan fingerprint density at radius 2 is 1.46 bits per heavy atom. The van der Waals surface area contributed by atoms with Crippen LogP contribution in [0.2, 0.25) is 0 Å². The van der Waals surface area contributed by atoms with E-state index in [1.54, 1.807) is 0 Å². The maximum atomic E-state index is 13.9. The zero-order valence-electron chi connectivity index (χ0n) is 20.6. The van der Waals surface area contributed by atoms with Crippen molar-refractivity contribution in [3.63, 3.8) is 0 Å². The van der Waals surface area contributed by atoms with Crippen molar-refractivity contribution in [2.75, 3.05) is 0 Å². The van der Waals surface area contributed by atoms with E-state index in [9.17, 15) is 22.4 Å². The third kappa shape index (κ3) is 6.71. The van der Waals surface area contributed by atoms with Gasteiger partial charge in [0.15, 0.2) is 17.4 Å². The Hall–Kier alpha value is -1.79. The van der Waals surface area contributed by atoms with Crippen molar-refractivity contribution in [2.24, 2.45) is 35.5 Å². The molecule has 1 aromatic rings. The van der Waals surface area contributed by atoms with Gasteiger partial charge >= 0.3 is 12.6 Å². The summed E-state index contributed by atoms with van der Waals surface area (Å²) in [5.41, 5.74) is 0. The van der Waals surface area contributed by atoms with Crippen molar-refractivity contribution in [3.05, 3.63) is 23.8 Å². The van der Waals surface area contributed by atoms with Gasteiger partial charge in [0, 0.05) is 12.1 Å². The molecule has 0 aliphatic heterocycles. The summed E-state index contributed by atoms with van der Waals surface area (Å²) in [7, 11) is 0. The largest absolute Gasteiger partial charge is 0.429 e. The number of alkyl halides is 2. The first-order chi connectivity index (χ1) is 16.8. The van der Waals surface area contributed by atoms with E-state index in [-0.39, 0.29) is 11.7 Å². The van der Waals surface area contributed by atoms with E-state index in [0.717, 1.165) is 36.5 Å². The number of ether oxygens (including phenoxy) is 2. The molecule has 0 saturated heterocycles. The molecule has 3 aliphatic carbocycles. The lowest BCUT2D eigenvalue weighted by molar-refractivity contribution is -0.140. The average molecular weight is 499 g/mol. The highest BCUT2D eigenvalue weighted by Gasteiger charge is 2.39. The second-order valence-corrected chi connectivity index (χ2v) is 11.0. The lowest BCUT2D eigenvalue weighted by Crippen LogP contribution is -2.35. The minimum absolute atomic E-state index is 0.306. The minimum Gasteiger partial charge on any atom is -0.429 e. The summed E-state index contributed by atoms with van der Waals surface area (Å²) >= 11 is 0. The van der Waals surface area contributed by atoms with Gasteiger partial charge in [-0.05, 0) is 87.4 Å². The monoisotopic (exact) mass is 498 g/mol. The Balaban J connectivity index is 1.24. The van der Waals surface area contributed by atoms with Crippen LogP contribution in [0.4, 0.5) is 17.6 Å². The van der Waals surface area contributed by atoms with Crippen LogP contribution in [-0.2, 0) is 4.79 Å². The topological polar surface area (TPSA) is 35.5 Å². The molecule has 0 spiro atoms. The number of benzene rings is 1. The van der Waals surface area contributed by atoms with Gasteiger partial charge in [-0.25, -0.2) is 8.78 Å². The summed E-state index contributed by atoms with van der Waals surface area (Å²) in [5.74, 6) is -0.889. The first kappa shape index (κ1) is 26.3. The number of rotatable bonds is 8. The smallest absolute Gasteiger partial charge is 0.387 e. The quantitative estimate of drug-likeness (QED) is 0.205. The van der Waals surface area contributed by atoms with Gasteiger partial charge in [0.1, 0.15) is 5.75 Å². The van der Waals surface area contributed by atoms with Crippen LogP contribution in [0, 0.1) is 47.1 Å². The molecule has 35 heavy (non-hydrogen) atoms. The number of fused-ring (bicyclic) bond motifs is 1. The van der Waals surface area contributed by atoms with Crippen molar-refractivity contribution in [1.82, 2.24) is 0 Å². The van der Waals surface area contributed by atoms with Crippen LogP contribution in [0.1, 0.15) is 90.4 Å². The second kappa shape index (κ2) is 12.0. The molecule has 0 amide bonds. The summed E-state index contributed by atoms with van der Waals surface area (Å²) in [6.45, 7) is -1.07. The maximum absolute atomic E-state index is 13.9. The highest BCUT2D eigenvalue weighted by Crippen LogP contribution is 2.49. The van der Waals surface area contributed by atoms with E-state index < -0.39 is 30.0 Å². The predicted molar refractivity (Wildman–Crippen MR) is 125 cm³/mol. The third-order valence-electron chi connectivity index (χ3n) is 8.90. The summed E-state index contributed by atoms with van der Waals surface area (Å²) in [6, 6.07) is 1.42. The molecule has 3 aliphatic rings. The Kier molecular flexibility index (Phi) is 8.98. The minimum atomic E-state index is -3.35. The van der Waals surface area contributed by atoms with Crippen LogP contribution < -0.4 is 9.47 Å². The third-order valence-corrected chi connectivity index (χ3v) is 8.90. The van der Waals surface area contributed by atoms with Gasteiger partial charge in [-0.1, -0.05) is 32.6 Å². The molecule has 4 unspecified atom stereocenters. The molecule has 0 bridgehead atoms. The molecule has 4 atom stereocenters. The van der Waals surface area contributed by atoms with Crippen LogP contribution in [0.15, 0.2) is 12.1 Å². The fourth-order valence-electron chi connectivity index (χ4n) is 7.03. The van der Waals surface area contributed by atoms with Crippen molar-refractivity contribution >= 4 is 5.97 Å². The van der Waals surface area contributed by atoms with Crippen LogP contribution in [0.3, 0.4) is 0 Å². The lowest BCUT2D eigenvalue weighted by atomic mass is 9.60. The molecule has 4 rings (SSSR count). The van der Waals surface area contributed by atoms with Crippen LogP contribution >= 0.6 is 0 Å². The number of carbonyl (C=O) groups is 1. The van der Waals surface area contributed by atoms with Gasteiger partial charge in [0.25, 0.3) is 0 Å².